The highest BCUT2D eigenvalue weighted by Crippen LogP contribution is 2.29. The van der Waals surface area contributed by atoms with Crippen LogP contribution in [-0.4, -0.2) is 27.4 Å². The third-order valence-corrected chi connectivity index (χ3v) is 5.77. The van der Waals surface area contributed by atoms with Gasteiger partial charge in [-0.3, -0.25) is 4.79 Å². The molecule has 1 aliphatic carbocycles. The Morgan fingerprint density at radius 1 is 1.16 bits per heavy atom. The first-order chi connectivity index (χ1) is 11.8. The largest absolute Gasteiger partial charge is 0.494 e. The third-order valence-electron chi connectivity index (χ3n) is 4.23. The molecule has 132 valence electrons. The number of Topliss-reactive ketones (excluding diaryl/α,β-unsaturated/α-hetero) is 1. The highest BCUT2D eigenvalue weighted by molar-refractivity contribution is 7.89. The molecule has 0 aliphatic heterocycles. The lowest BCUT2D eigenvalue weighted by molar-refractivity contribution is 0.0962. The summed E-state index contributed by atoms with van der Waals surface area (Å²) >= 11 is 0. The van der Waals surface area contributed by atoms with Crippen molar-refractivity contribution in [3.63, 3.8) is 0 Å². The molecule has 0 saturated carbocycles. The smallest absolute Gasteiger partial charge is 0.240 e. The van der Waals surface area contributed by atoms with Gasteiger partial charge in [0.1, 0.15) is 0 Å². The third kappa shape index (κ3) is 3.57. The van der Waals surface area contributed by atoms with Crippen LogP contribution in [0.25, 0.3) is 0 Å². The van der Waals surface area contributed by atoms with Crippen LogP contribution in [0.3, 0.4) is 0 Å². The van der Waals surface area contributed by atoms with Crippen LogP contribution in [0.1, 0.15) is 27.9 Å². The Labute approximate surface area is 145 Å². The molecule has 2 aromatic carbocycles. The monoisotopic (exact) mass is 363 g/mol. The van der Waals surface area contributed by atoms with Crippen molar-refractivity contribution in [2.24, 2.45) is 0 Å². The molecule has 5 nitrogen and oxygen atoms in total. The van der Waals surface area contributed by atoms with Crippen LogP contribution in [0.4, 0.5) is 4.39 Å². The first-order valence-corrected chi connectivity index (χ1v) is 9.27. The summed E-state index contributed by atoms with van der Waals surface area (Å²) in [6.45, 7) is 1.87. The van der Waals surface area contributed by atoms with Crippen LogP contribution in [0.2, 0.25) is 0 Å². The molecule has 0 saturated heterocycles. The molecular formula is C18H18FNO4S. The molecule has 0 unspecified atom stereocenters. The number of hydrogen-bond acceptors (Lipinski definition) is 4. The van der Waals surface area contributed by atoms with Gasteiger partial charge in [0.2, 0.25) is 10.0 Å². The lowest BCUT2D eigenvalue weighted by Gasteiger charge is -2.25. The molecule has 0 fully saturated rings. The van der Waals surface area contributed by atoms with E-state index in [1.807, 2.05) is 6.92 Å². The van der Waals surface area contributed by atoms with E-state index in [9.17, 15) is 17.6 Å². The minimum Gasteiger partial charge on any atom is -0.494 e. The SMILES string of the molecule is COc1cc2c(cc1F)C(=O)C[C@H](NS(=O)(=O)c1ccc(C)cc1)C2. The molecule has 1 N–H and O–H groups in total. The van der Waals surface area contributed by atoms with Gasteiger partial charge in [-0.05, 0) is 43.2 Å². The Bertz CT molecular complexity index is 923. The fourth-order valence-electron chi connectivity index (χ4n) is 2.94. The second kappa shape index (κ2) is 6.57. The number of carbonyl (C=O) groups excluding carboxylic acids is 1. The van der Waals surface area contributed by atoms with Crippen LogP contribution >= 0.6 is 0 Å². The molecule has 0 bridgehead atoms. The number of hydrogen-bond donors (Lipinski definition) is 1. The number of halogens is 1. The zero-order valence-corrected chi connectivity index (χ0v) is 14.7. The number of fused-ring (bicyclic) bond motifs is 1. The van der Waals surface area contributed by atoms with Gasteiger partial charge in [0, 0.05) is 18.0 Å². The molecule has 3 rings (SSSR count). The van der Waals surface area contributed by atoms with Gasteiger partial charge in [0.25, 0.3) is 0 Å². The van der Waals surface area contributed by atoms with E-state index in [1.54, 1.807) is 12.1 Å². The Balaban J connectivity index is 1.86. The normalized spacial score (nSPS) is 17.2. The summed E-state index contributed by atoms with van der Waals surface area (Å²) in [4.78, 5) is 12.4. The summed E-state index contributed by atoms with van der Waals surface area (Å²) in [6.07, 6.45) is 0.284. The molecule has 25 heavy (non-hydrogen) atoms. The minimum absolute atomic E-state index is 0.0101. The van der Waals surface area contributed by atoms with Crippen molar-refractivity contribution in [1.82, 2.24) is 4.72 Å². The summed E-state index contributed by atoms with van der Waals surface area (Å²) in [5.41, 5.74) is 1.81. The number of rotatable bonds is 4. The Hall–Kier alpha value is -2.25. The number of methoxy groups -OCH3 is 1. The lowest BCUT2D eigenvalue weighted by Crippen LogP contribution is -2.40. The molecule has 0 spiro atoms. The Morgan fingerprint density at radius 2 is 1.84 bits per heavy atom. The zero-order valence-electron chi connectivity index (χ0n) is 13.9. The lowest BCUT2D eigenvalue weighted by atomic mass is 9.87. The van der Waals surface area contributed by atoms with Crippen LogP contribution in [0, 0.1) is 12.7 Å². The van der Waals surface area contributed by atoms with Crippen molar-refractivity contribution in [3.05, 3.63) is 58.9 Å². The van der Waals surface area contributed by atoms with E-state index in [2.05, 4.69) is 4.72 Å². The van der Waals surface area contributed by atoms with Gasteiger partial charge in [-0.15, -0.1) is 0 Å². The van der Waals surface area contributed by atoms with E-state index in [0.717, 1.165) is 11.6 Å². The molecule has 0 heterocycles. The molecule has 1 atom stereocenters. The van der Waals surface area contributed by atoms with Crippen LogP contribution in [0.15, 0.2) is 41.3 Å². The standard InChI is InChI=1S/C18H18FNO4S/c1-11-3-5-14(6-4-11)25(22,23)20-13-7-12-8-18(24-2)16(19)10-15(12)17(21)9-13/h3-6,8,10,13,20H,7,9H2,1-2H3/t13-/m1/s1. The molecule has 2 aromatic rings. The quantitative estimate of drug-likeness (QED) is 0.906. The second-order valence-electron chi connectivity index (χ2n) is 6.11. The number of aryl methyl sites for hydroxylation is 1. The summed E-state index contributed by atoms with van der Waals surface area (Å²) in [7, 11) is -2.39. The van der Waals surface area contributed by atoms with Crippen molar-refractivity contribution in [2.45, 2.75) is 30.7 Å². The van der Waals surface area contributed by atoms with Gasteiger partial charge < -0.3 is 4.74 Å². The molecule has 7 heteroatoms. The fourth-order valence-corrected chi connectivity index (χ4v) is 4.18. The van der Waals surface area contributed by atoms with E-state index in [-0.39, 0.29) is 28.4 Å². The number of ketones is 1. The first kappa shape index (κ1) is 17.6. The summed E-state index contributed by atoms with van der Waals surface area (Å²) in [5.74, 6) is -0.860. The van der Waals surface area contributed by atoms with Crippen LogP contribution in [-0.2, 0) is 16.4 Å². The highest BCUT2D eigenvalue weighted by Gasteiger charge is 2.30. The number of sulfonamides is 1. The van der Waals surface area contributed by atoms with Crippen molar-refractivity contribution in [3.8, 4) is 5.75 Å². The first-order valence-electron chi connectivity index (χ1n) is 7.79. The summed E-state index contributed by atoms with van der Waals surface area (Å²) < 4.78 is 46.3. The highest BCUT2D eigenvalue weighted by atomic mass is 32.2. The number of benzene rings is 2. The summed E-state index contributed by atoms with van der Waals surface area (Å²) in [6, 6.07) is 8.49. The topological polar surface area (TPSA) is 72.5 Å². The maximum atomic E-state index is 13.8. The minimum atomic E-state index is -3.73. The van der Waals surface area contributed by atoms with E-state index in [4.69, 9.17) is 4.74 Å². The van der Waals surface area contributed by atoms with E-state index < -0.39 is 21.9 Å². The van der Waals surface area contributed by atoms with E-state index in [1.165, 1.54) is 25.3 Å². The van der Waals surface area contributed by atoms with Gasteiger partial charge in [0.15, 0.2) is 17.3 Å². The predicted octanol–water partition coefficient (Wildman–Crippen LogP) is 2.62. The molecule has 1 aliphatic rings. The number of ether oxygens (including phenoxy) is 1. The van der Waals surface area contributed by atoms with E-state index >= 15 is 0 Å². The van der Waals surface area contributed by atoms with Gasteiger partial charge in [-0.25, -0.2) is 17.5 Å². The van der Waals surface area contributed by atoms with Crippen LogP contribution in [0.5, 0.6) is 5.75 Å². The molecular weight excluding hydrogens is 345 g/mol. The van der Waals surface area contributed by atoms with Crippen molar-refractivity contribution in [2.75, 3.05) is 7.11 Å². The predicted molar refractivity (Wildman–Crippen MR) is 90.9 cm³/mol. The van der Waals surface area contributed by atoms with Crippen LogP contribution < -0.4 is 9.46 Å². The average molecular weight is 363 g/mol. The van der Waals surface area contributed by atoms with Crippen molar-refractivity contribution in [1.29, 1.82) is 0 Å². The molecule has 0 radical (unpaired) electrons. The molecule has 0 aromatic heterocycles. The average Bonchev–Trinajstić information content (AvgIpc) is 2.55. The van der Waals surface area contributed by atoms with Gasteiger partial charge in [0.05, 0.1) is 12.0 Å². The van der Waals surface area contributed by atoms with Crippen molar-refractivity contribution >= 4 is 15.8 Å². The van der Waals surface area contributed by atoms with Gasteiger partial charge in [-0.1, -0.05) is 17.7 Å². The summed E-state index contributed by atoms with van der Waals surface area (Å²) in [5, 5.41) is 0. The number of carbonyl (C=O) groups is 1. The second-order valence-corrected chi connectivity index (χ2v) is 7.82. The Morgan fingerprint density at radius 3 is 2.48 bits per heavy atom. The zero-order chi connectivity index (χ0) is 18.2. The van der Waals surface area contributed by atoms with Gasteiger partial charge in [-0.2, -0.15) is 0 Å². The van der Waals surface area contributed by atoms with Crippen molar-refractivity contribution < 1.29 is 22.3 Å². The Kier molecular flexibility index (Phi) is 4.62. The fraction of sp³-hybridized carbons (Fsp3) is 0.278. The van der Waals surface area contributed by atoms with E-state index in [0.29, 0.717) is 12.0 Å². The number of nitrogens with one attached hydrogen (secondary N) is 1. The van der Waals surface area contributed by atoms with Gasteiger partial charge >= 0.3 is 0 Å². The maximum absolute atomic E-state index is 13.8. The molecule has 0 amide bonds. The maximum Gasteiger partial charge on any atom is 0.240 e.